The van der Waals surface area contributed by atoms with Gasteiger partial charge in [-0.15, -0.1) is 11.3 Å². The molecule has 18 heavy (non-hydrogen) atoms. The summed E-state index contributed by atoms with van der Waals surface area (Å²) in [6.45, 7) is -0.164. The molecule has 1 aromatic carbocycles. The Kier molecular flexibility index (Phi) is 4.22. The number of carbonyl (C=O) groups excluding carboxylic acids is 1. The fourth-order valence-corrected chi connectivity index (χ4v) is 2.46. The summed E-state index contributed by atoms with van der Waals surface area (Å²) in [5, 5.41) is 0.131. The van der Waals surface area contributed by atoms with Gasteiger partial charge in [0, 0.05) is 0 Å². The number of Topliss-reactive ketones (excluding diaryl/α,β-unsaturated/α-hetero) is 1. The summed E-state index contributed by atoms with van der Waals surface area (Å²) in [5.74, 6) is -0.384. The van der Waals surface area contributed by atoms with Crippen LogP contribution in [0.1, 0.15) is 9.67 Å². The van der Waals surface area contributed by atoms with Gasteiger partial charge in [0.25, 0.3) is 0 Å². The maximum atomic E-state index is 12.8. The molecule has 0 aliphatic rings. The molecule has 0 radical (unpaired) electrons. The van der Waals surface area contributed by atoms with E-state index in [2.05, 4.69) is 0 Å². The van der Waals surface area contributed by atoms with Gasteiger partial charge in [0.1, 0.15) is 11.6 Å². The molecule has 0 bridgehead atoms. The van der Waals surface area contributed by atoms with Crippen LogP contribution in [0.25, 0.3) is 0 Å². The van der Waals surface area contributed by atoms with Crippen LogP contribution in [0.15, 0.2) is 30.3 Å². The maximum absolute atomic E-state index is 12.8. The van der Waals surface area contributed by atoms with E-state index in [4.69, 9.17) is 27.9 Å². The highest BCUT2D eigenvalue weighted by atomic mass is 35.5. The number of halogens is 3. The smallest absolute Gasteiger partial charge is 0.210 e. The van der Waals surface area contributed by atoms with E-state index < -0.39 is 5.82 Å². The highest BCUT2D eigenvalue weighted by Crippen LogP contribution is 2.26. The second kappa shape index (κ2) is 5.69. The summed E-state index contributed by atoms with van der Waals surface area (Å²) in [7, 11) is 0. The molecule has 0 saturated carbocycles. The predicted octanol–water partition coefficient (Wildman–Crippen LogP) is 4.46. The van der Waals surface area contributed by atoms with Crippen molar-refractivity contribution in [3.63, 3.8) is 0 Å². The molecule has 1 heterocycles. The van der Waals surface area contributed by atoms with E-state index in [1.54, 1.807) is 12.1 Å². The zero-order valence-corrected chi connectivity index (χ0v) is 11.3. The van der Waals surface area contributed by atoms with Gasteiger partial charge in [-0.2, -0.15) is 0 Å². The third-order valence-corrected chi connectivity index (χ3v) is 3.67. The van der Waals surface area contributed by atoms with Crippen molar-refractivity contribution in [1.82, 2.24) is 0 Å². The molecule has 6 heteroatoms. The molecular formula is C12H7Cl2FO2S. The Hall–Kier alpha value is -1.10. The van der Waals surface area contributed by atoms with Gasteiger partial charge in [0.05, 0.1) is 14.2 Å². The van der Waals surface area contributed by atoms with Crippen LogP contribution in [-0.2, 0) is 0 Å². The Morgan fingerprint density at radius 1 is 1.28 bits per heavy atom. The molecule has 0 N–H and O–H groups in total. The van der Waals surface area contributed by atoms with Crippen LogP contribution in [0.3, 0.4) is 0 Å². The summed E-state index contributed by atoms with van der Waals surface area (Å²) in [6, 6.07) is 7.00. The molecule has 0 unspecified atom stereocenters. The summed E-state index contributed by atoms with van der Waals surface area (Å²) < 4.78 is 18.6. The molecule has 2 rings (SSSR count). The van der Waals surface area contributed by atoms with Gasteiger partial charge in [-0.1, -0.05) is 23.2 Å². The minimum absolute atomic E-state index is 0.131. The van der Waals surface area contributed by atoms with Crippen LogP contribution >= 0.6 is 34.5 Å². The Labute approximate surface area is 117 Å². The molecule has 94 valence electrons. The highest BCUT2D eigenvalue weighted by Gasteiger charge is 2.11. The van der Waals surface area contributed by atoms with Crippen molar-refractivity contribution in [3.8, 4) is 5.75 Å². The van der Waals surface area contributed by atoms with Crippen molar-refractivity contribution < 1.29 is 13.9 Å². The predicted molar refractivity (Wildman–Crippen MR) is 70.6 cm³/mol. The Bertz CT molecular complexity index is 583. The summed E-state index contributed by atoms with van der Waals surface area (Å²) >= 11 is 12.7. The average Bonchev–Trinajstić information content (AvgIpc) is 2.74. The lowest BCUT2D eigenvalue weighted by Crippen LogP contribution is -2.10. The quantitative estimate of drug-likeness (QED) is 0.780. The van der Waals surface area contributed by atoms with Crippen molar-refractivity contribution >= 4 is 40.3 Å². The van der Waals surface area contributed by atoms with E-state index in [9.17, 15) is 9.18 Å². The molecule has 2 aromatic rings. The molecule has 2 nitrogen and oxygen atoms in total. The van der Waals surface area contributed by atoms with E-state index in [1.807, 2.05) is 0 Å². The zero-order valence-electron chi connectivity index (χ0n) is 8.95. The van der Waals surface area contributed by atoms with Crippen molar-refractivity contribution in [1.29, 1.82) is 0 Å². The highest BCUT2D eigenvalue weighted by molar-refractivity contribution is 7.18. The number of benzene rings is 1. The third kappa shape index (κ3) is 3.22. The normalized spacial score (nSPS) is 10.4. The van der Waals surface area contributed by atoms with E-state index in [1.165, 1.54) is 23.5 Å². The monoisotopic (exact) mass is 304 g/mol. The van der Waals surface area contributed by atoms with Gasteiger partial charge < -0.3 is 4.74 Å². The number of rotatable bonds is 4. The molecule has 0 aliphatic heterocycles. The molecule has 0 amide bonds. The number of thiophene rings is 1. The van der Waals surface area contributed by atoms with Crippen LogP contribution in [0.4, 0.5) is 4.39 Å². The number of carbonyl (C=O) groups is 1. The third-order valence-electron chi connectivity index (χ3n) is 2.10. The van der Waals surface area contributed by atoms with Gasteiger partial charge in [-0.05, 0) is 30.3 Å². The summed E-state index contributed by atoms with van der Waals surface area (Å²) in [5.41, 5.74) is 0. The fourth-order valence-electron chi connectivity index (χ4n) is 1.27. The van der Waals surface area contributed by atoms with Gasteiger partial charge in [-0.25, -0.2) is 4.39 Å². The molecule has 1 aromatic heterocycles. The summed E-state index contributed by atoms with van der Waals surface area (Å²) in [4.78, 5) is 12.2. The standard InChI is InChI=1S/C12H7Cl2FO2S/c13-8-5-7(15)1-2-10(8)17-6-9(16)11-3-4-12(14)18-11/h1-5H,6H2. The lowest BCUT2D eigenvalue weighted by Gasteiger charge is -2.06. The average molecular weight is 305 g/mol. The first-order valence-electron chi connectivity index (χ1n) is 4.92. The SMILES string of the molecule is O=C(COc1ccc(F)cc1Cl)c1ccc(Cl)s1. The second-order valence-corrected chi connectivity index (χ2v) is 5.51. The first-order valence-corrected chi connectivity index (χ1v) is 6.50. The first-order chi connectivity index (χ1) is 8.56. The molecule has 0 aliphatic carbocycles. The van der Waals surface area contributed by atoms with Gasteiger partial charge >= 0.3 is 0 Å². The van der Waals surface area contributed by atoms with Crippen LogP contribution in [0, 0.1) is 5.82 Å². The zero-order chi connectivity index (χ0) is 13.1. The van der Waals surface area contributed by atoms with E-state index in [0.717, 1.165) is 6.07 Å². The van der Waals surface area contributed by atoms with Crippen molar-refractivity contribution in [2.45, 2.75) is 0 Å². The molecule has 0 atom stereocenters. The van der Waals surface area contributed by atoms with Crippen LogP contribution in [0.5, 0.6) is 5.75 Å². The molecule has 0 fully saturated rings. The molecular weight excluding hydrogens is 298 g/mol. The van der Waals surface area contributed by atoms with E-state index in [-0.39, 0.29) is 23.2 Å². The Morgan fingerprint density at radius 3 is 2.67 bits per heavy atom. The number of hydrogen-bond acceptors (Lipinski definition) is 3. The lowest BCUT2D eigenvalue weighted by atomic mass is 10.3. The van der Waals surface area contributed by atoms with Crippen LogP contribution in [0.2, 0.25) is 9.36 Å². The van der Waals surface area contributed by atoms with Crippen LogP contribution < -0.4 is 4.74 Å². The van der Waals surface area contributed by atoms with E-state index >= 15 is 0 Å². The molecule has 0 spiro atoms. The van der Waals surface area contributed by atoms with Crippen molar-refractivity contribution in [2.75, 3.05) is 6.61 Å². The number of ketones is 1. The van der Waals surface area contributed by atoms with Gasteiger partial charge in [0.15, 0.2) is 6.61 Å². The minimum Gasteiger partial charge on any atom is -0.484 e. The maximum Gasteiger partial charge on any atom is 0.210 e. The van der Waals surface area contributed by atoms with Gasteiger partial charge in [0.2, 0.25) is 5.78 Å². The van der Waals surface area contributed by atoms with Crippen molar-refractivity contribution in [3.05, 3.63) is 50.4 Å². The van der Waals surface area contributed by atoms with E-state index in [0.29, 0.717) is 9.21 Å². The Balaban J connectivity index is 2.01. The van der Waals surface area contributed by atoms with Crippen molar-refractivity contribution in [2.24, 2.45) is 0 Å². The first kappa shape index (κ1) is 13.3. The topological polar surface area (TPSA) is 26.3 Å². The summed E-state index contributed by atoms with van der Waals surface area (Å²) in [6.07, 6.45) is 0. The minimum atomic E-state index is -0.455. The van der Waals surface area contributed by atoms with Crippen LogP contribution in [-0.4, -0.2) is 12.4 Å². The number of hydrogen-bond donors (Lipinski definition) is 0. The Morgan fingerprint density at radius 2 is 2.06 bits per heavy atom. The fraction of sp³-hybridized carbons (Fsp3) is 0.0833. The second-order valence-electron chi connectivity index (χ2n) is 3.39. The largest absolute Gasteiger partial charge is 0.484 e. The van der Waals surface area contributed by atoms with Gasteiger partial charge in [-0.3, -0.25) is 4.79 Å². The molecule has 0 saturated heterocycles. The number of ether oxygens (including phenoxy) is 1. The lowest BCUT2D eigenvalue weighted by molar-refractivity contribution is 0.0925.